The van der Waals surface area contributed by atoms with Gasteiger partial charge in [-0.15, -0.1) is 12.4 Å². The molecule has 0 unspecified atom stereocenters. The van der Waals surface area contributed by atoms with Crippen molar-refractivity contribution in [1.82, 2.24) is 19.5 Å². The summed E-state index contributed by atoms with van der Waals surface area (Å²) in [6.45, 7) is 0.797. The Morgan fingerprint density at radius 3 is 2.40 bits per heavy atom. The summed E-state index contributed by atoms with van der Waals surface area (Å²) in [5.74, 6) is 2.00. The molecule has 0 fully saturated rings. The fraction of sp³-hybridized carbons (Fsp3) is 0.207. The first kappa shape index (κ1) is 28.8. The van der Waals surface area contributed by atoms with Crippen LogP contribution in [0, 0.1) is 0 Å². The lowest BCUT2D eigenvalue weighted by Crippen LogP contribution is -2.12. The van der Waals surface area contributed by atoms with E-state index in [1.807, 2.05) is 55.4 Å². The Hall–Kier alpha value is -4.15. The lowest BCUT2D eigenvalue weighted by Gasteiger charge is -2.19. The van der Waals surface area contributed by atoms with Crippen LogP contribution in [-0.4, -0.2) is 47.8 Å². The topological polar surface area (TPSA) is 105 Å². The molecule has 208 valence electrons. The third kappa shape index (κ3) is 7.08. The monoisotopic (exact) mass is 577 g/mol. The van der Waals surface area contributed by atoms with Crippen molar-refractivity contribution in [3.8, 4) is 0 Å². The van der Waals surface area contributed by atoms with Crippen LogP contribution in [0.15, 0.2) is 85.1 Å². The average Bonchev–Trinajstić information content (AvgIpc) is 3.24. The van der Waals surface area contributed by atoms with Crippen LogP contribution in [-0.2, 0) is 29.1 Å². The summed E-state index contributed by atoms with van der Waals surface area (Å²) < 4.78 is 25.1. The van der Waals surface area contributed by atoms with E-state index in [9.17, 15) is 8.42 Å². The van der Waals surface area contributed by atoms with Crippen LogP contribution in [0.25, 0.3) is 11.0 Å². The van der Waals surface area contributed by atoms with Gasteiger partial charge < -0.3 is 20.1 Å². The molecule has 0 radical (unpaired) electrons. The number of sulfone groups is 1. The number of nitrogens with one attached hydrogen (secondary N) is 2. The van der Waals surface area contributed by atoms with Gasteiger partial charge in [-0.3, -0.25) is 0 Å². The van der Waals surface area contributed by atoms with Crippen LogP contribution in [0.2, 0.25) is 0 Å². The van der Waals surface area contributed by atoms with Gasteiger partial charge in [0.1, 0.15) is 5.82 Å². The second-order valence-electron chi connectivity index (χ2n) is 9.52. The molecule has 0 aliphatic rings. The standard InChI is InChI=1S/C29H31N7O2S.ClH/c1-35(27-16-18-30-28(34-27)32-23-11-9-22(10-12-23)20-39(3,37)38)24-13-14-26-25(19-24)33-29(36(26)2)31-17-15-21-7-5-4-6-8-21;/h4-14,16,18-19H,15,17,20H2,1-3H3,(H,31,33)(H,30,32,34);1H. The van der Waals surface area contributed by atoms with Crippen molar-refractivity contribution >= 4 is 62.4 Å². The zero-order valence-corrected chi connectivity index (χ0v) is 24.2. The van der Waals surface area contributed by atoms with E-state index in [4.69, 9.17) is 4.98 Å². The van der Waals surface area contributed by atoms with Gasteiger partial charge in [-0.05, 0) is 53.9 Å². The first-order chi connectivity index (χ1) is 18.7. The number of fused-ring (bicyclic) bond motifs is 1. The summed E-state index contributed by atoms with van der Waals surface area (Å²) in [6.07, 6.45) is 3.85. The van der Waals surface area contributed by atoms with Crippen molar-refractivity contribution in [3.63, 3.8) is 0 Å². The van der Waals surface area contributed by atoms with Gasteiger partial charge in [0.15, 0.2) is 9.84 Å². The van der Waals surface area contributed by atoms with E-state index < -0.39 is 9.84 Å². The molecular formula is C29H32ClN7O2S. The molecule has 0 atom stereocenters. The molecule has 5 rings (SSSR count). The minimum Gasteiger partial charge on any atom is -0.355 e. The van der Waals surface area contributed by atoms with E-state index in [1.165, 1.54) is 11.8 Å². The fourth-order valence-electron chi connectivity index (χ4n) is 4.36. The number of hydrogen-bond acceptors (Lipinski definition) is 8. The van der Waals surface area contributed by atoms with E-state index in [0.717, 1.165) is 52.7 Å². The molecule has 11 heteroatoms. The van der Waals surface area contributed by atoms with Gasteiger partial charge in [0.05, 0.1) is 16.8 Å². The molecule has 0 bridgehead atoms. The zero-order valence-electron chi connectivity index (χ0n) is 22.6. The second kappa shape index (κ2) is 12.4. The molecule has 40 heavy (non-hydrogen) atoms. The number of hydrogen-bond donors (Lipinski definition) is 2. The highest BCUT2D eigenvalue weighted by atomic mass is 35.5. The summed E-state index contributed by atoms with van der Waals surface area (Å²) in [4.78, 5) is 15.8. The number of halogens is 1. The van der Waals surface area contributed by atoms with Crippen LogP contribution in [0.4, 0.5) is 29.1 Å². The molecule has 0 amide bonds. The maximum Gasteiger partial charge on any atom is 0.229 e. The van der Waals surface area contributed by atoms with E-state index >= 15 is 0 Å². The molecule has 0 saturated heterocycles. The first-order valence-corrected chi connectivity index (χ1v) is 14.7. The Bertz CT molecular complexity index is 1690. The van der Waals surface area contributed by atoms with Crippen LogP contribution < -0.4 is 15.5 Å². The molecule has 0 spiro atoms. The molecule has 2 N–H and O–H groups in total. The largest absolute Gasteiger partial charge is 0.355 e. The van der Waals surface area contributed by atoms with Gasteiger partial charge in [-0.1, -0.05) is 42.5 Å². The molecule has 3 aromatic carbocycles. The van der Waals surface area contributed by atoms with Gasteiger partial charge in [0.2, 0.25) is 11.9 Å². The van der Waals surface area contributed by atoms with Crippen molar-refractivity contribution in [2.75, 3.05) is 35.4 Å². The van der Waals surface area contributed by atoms with Crippen LogP contribution >= 0.6 is 12.4 Å². The summed E-state index contributed by atoms with van der Waals surface area (Å²) >= 11 is 0. The predicted molar refractivity (Wildman–Crippen MR) is 165 cm³/mol. The van der Waals surface area contributed by atoms with Gasteiger partial charge in [-0.25, -0.2) is 18.4 Å². The highest BCUT2D eigenvalue weighted by Gasteiger charge is 2.13. The Morgan fingerprint density at radius 1 is 0.925 bits per heavy atom. The number of anilines is 5. The fourth-order valence-corrected chi connectivity index (χ4v) is 5.16. The Balaban J connectivity index is 0.00000370. The smallest absolute Gasteiger partial charge is 0.229 e. The summed E-state index contributed by atoms with van der Waals surface area (Å²) in [5, 5.41) is 6.65. The third-order valence-electron chi connectivity index (χ3n) is 6.41. The van der Waals surface area contributed by atoms with Gasteiger partial charge in [0.25, 0.3) is 0 Å². The maximum atomic E-state index is 11.5. The molecular weight excluding hydrogens is 546 g/mol. The molecule has 9 nitrogen and oxygen atoms in total. The Labute approximate surface area is 240 Å². The minimum atomic E-state index is -3.08. The van der Waals surface area contributed by atoms with Crippen LogP contribution in [0.5, 0.6) is 0 Å². The summed E-state index contributed by atoms with van der Waals surface area (Å²) in [7, 11) is 0.887. The normalized spacial score (nSPS) is 11.2. The van der Waals surface area contributed by atoms with E-state index in [1.54, 1.807) is 18.3 Å². The van der Waals surface area contributed by atoms with Crippen molar-refractivity contribution in [2.24, 2.45) is 7.05 Å². The van der Waals surface area contributed by atoms with Crippen LogP contribution in [0.1, 0.15) is 11.1 Å². The third-order valence-corrected chi connectivity index (χ3v) is 7.27. The number of benzene rings is 3. The number of nitrogens with zero attached hydrogens (tertiary/aromatic N) is 5. The lowest BCUT2D eigenvalue weighted by atomic mass is 10.1. The van der Waals surface area contributed by atoms with Gasteiger partial charge in [0, 0.05) is 44.5 Å². The van der Waals surface area contributed by atoms with Crippen molar-refractivity contribution < 1.29 is 8.42 Å². The minimum absolute atomic E-state index is 0. The number of rotatable bonds is 10. The van der Waals surface area contributed by atoms with Crippen LogP contribution in [0.3, 0.4) is 0 Å². The molecule has 0 aliphatic heterocycles. The molecule has 5 aromatic rings. The average molecular weight is 578 g/mol. The van der Waals surface area contributed by atoms with E-state index in [2.05, 4.69) is 55.5 Å². The van der Waals surface area contributed by atoms with Crippen molar-refractivity contribution in [2.45, 2.75) is 12.2 Å². The number of imidazole rings is 1. The number of aryl methyl sites for hydroxylation is 1. The van der Waals surface area contributed by atoms with Gasteiger partial charge in [-0.2, -0.15) is 4.98 Å². The molecule has 0 aliphatic carbocycles. The van der Waals surface area contributed by atoms with Gasteiger partial charge >= 0.3 is 0 Å². The Kier molecular flexibility index (Phi) is 8.91. The SMILES string of the molecule is CN(c1ccc2c(c1)nc(NCCc1ccccc1)n2C)c1ccnc(Nc2ccc(CS(C)(=O)=O)cc2)n1.Cl. The summed E-state index contributed by atoms with van der Waals surface area (Å²) in [6, 6.07) is 25.6. The first-order valence-electron chi connectivity index (χ1n) is 12.6. The van der Waals surface area contributed by atoms with Crippen molar-refractivity contribution in [3.05, 3.63) is 96.2 Å². The van der Waals surface area contributed by atoms with E-state index in [0.29, 0.717) is 5.95 Å². The Morgan fingerprint density at radius 2 is 1.68 bits per heavy atom. The zero-order chi connectivity index (χ0) is 27.4. The second-order valence-corrected chi connectivity index (χ2v) is 11.7. The predicted octanol–water partition coefficient (Wildman–Crippen LogP) is 5.50. The molecule has 0 saturated carbocycles. The number of aromatic nitrogens is 4. The highest BCUT2D eigenvalue weighted by Crippen LogP contribution is 2.28. The van der Waals surface area contributed by atoms with Crippen molar-refractivity contribution in [1.29, 1.82) is 0 Å². The highest BCUT2D eigenvalue weighted by molar-refractivity contribution is 7.89. The lowest BCUT2D eigenvalue weighted by molar-refractivity contribution is 0.601. The quantitative estimate of drug-likeness (QED) is 0.224. The molecule has 2 heterocycles. The maximum absolute atomic E-state index is 11.5. The summed E-state index contributed by atoms with van der Waals surface area (Å²) in [5.41, 5.74) is 5.68. The molecule has 2 aromatic heterocycles. The van der Waals surface area contributed by atoms with E-state index in [-0.39, 0.29) is 18.2 Å².